The molecule has 0 fully saturated rings. The predicted octanol–water partition coefficient (Wildman–Crippen LogP) is 1.95. The molecule has 7 heteroatoms. The zero-order chi connectivity index (χ0) is 16.6. The van der Waals surface area contributed by atoms with Crippen LogP contribution in [0.25, 0.3) is 11.3 Å². The number of esters is 2. The van der Waals surface area contributed by atoms with Crippen LogP contribution in [-0.4, -0.2) is 34.9 Å². The minimum absolute atomic E-state index is 0.143. The molecular weight excluding hydrogens is 318 g/mol. The number of carbonyl (C=O) groups is 2. The Balaban J connectivity index is 2.36. The van der Waals surface area contributed by atoms with Gasteiger partial charge in [-0.05, 0) is 5.56 Å². The molecule has 0 radical (unpaired) electrons. The smallest absolute Gasteiger partial charge is 0.340 e. The first kappa shape index (κ1) is 15.5. The van der Waals surface area contributed by atoms with Gasteiger partial charge in [0.05, 0.1) is 37.1 Å². The molecule has 1 aliphatic heterocycles. The van der Waals surface area contributed by atoms with Gasteiger partial charge < -0.3 is 14.0 Å². The summed E-state index contributed by atoms with van der Waals surface area (Å²) in [4.78, 5) is 24.5. The molecule has 2 aromatic rings. The van der Waals surface area contributed by atoms with Crippen LogP contribution in [-0.2, 0) is 31.9 Å². The number of nitrogens with zero attached hydrogens (tertiary/aromatic N) is 1. The Morgan fingerprint density at radius 2 is 1.65 bits per heavy atom. The number of carbonyl (C=O) groups excluding carboxylic acids is 2. The second-order valence-corrected chi connectivity index (χ2v) is 6.46. The van der Waals surface area contributed by atoms with Crippen molar-refractivity contribution in [3.8, 4) is 11.3 Å². The van der Waals surface area contributed by atoms with Gasteiger partial charge >= 0.3 is 11.9 Å². The monoisotopic (exact) mass is 333 g/mol. The fourth-order valence-corrected chi connectivity index (χ4v) is 4.09. The average Bonchev–Trinajstić information content (AvgIpc) is 3.08. The maximum absolute atomic E-state index is 12.3. The van der Waals surface area contributed by atoms with Gasteiger partial charge in [-0.25, -0.2) is 9.59 Å². The number of aromatic nitrogens is 1. The molecule has 2 heterocycles. The maximum Gasteiger partial charge on any atom is 0.340 e. The molecule has 0 saturated carbocycles. The van der Waals surface area contributed by atoms with Gasteiger partial charge in [-0.2, -0.15) is 0 Å². The largest absolute Gasteiger partial charge is 0.465 e. The fraction of sp³-hybridized carbons (Fsp3) is 0.250. The highest BCUT2D eigenvalue weighted by atomic mass is 32.2. The summed E-state index contributed by atoms with van der Waals surface area (Å²) in [6.45, 7) is 0. The fourth-order valence-electron chi connectivity index (χ4n) is 2.82. The minimum atomic E-state index is -1.12. The summed E-state index contributed by atoms with van der Waals surface area (Å²) in [5, 5.41) is 0. The van der Waals surface area contributed by atoms with Crippen LogP contribution in [0, 0.1) is 0 Å². The normalized spacial score (nSPS) is 16.0. The molecule has 0 N–H and O–H groups in total. The third-order valence-electron chi connectivity index (χ3n) is 3.77. The molecule has 0 spiro atoms. The van der Waals surface area contributed by atoms with E-state index >= 15 is 0 Å². The van der Waals surface area contributed by atoms with Crippen LogP contribution in [0.5, 0.6) is 0 Å². The molecule has 1 aromatic heterocycles. The quantitative estimate of drug-likeness (QED) is 0.803. The summed E-state index contributed by atoms with van der Waals surface area (Å²) in [6.07, 6.45) is 0. The van der Waals surface area contributed by atoms with Gasteiger partial charge in [0.2, 0.25) is 0 Å². The predicted molar refractivity (Wildman–Crippen MR) is 84.4 cm³/mol. The van der Waals surface area contributed by atoms with Gasteiger partial charge in [0, 0.05) is 16.5 Å². The van der Waals surface area contributed by atoms with E-state index in [1.54, 1.807) is 4.57 Å². The van der Waals surface area contributed by atoms with Gasteiger partial charge in [0.1, 0.15) is 5.56 Å². The van der Waals surface area contributed by atoms with Crippen molar-refractivity contribution >= 4 is 22.7 Å². The lowest BCUT2D eigenvalue weighted by atomic mass is 10.0. The van der Waals surface area contributed by atoms with Gasteiger partial charge in [0.25, 0.3) is 0 Å². The number of hydrogen-bond donors (Lipinski definition) is 0. The van der Waals surface area contributed by atoms with Crippen molar-refractivity contribution in [1.82, 2.24) is 4.57 Å². The minimum Gasteiger partial charge on any atom is -0.465 e. The van der Waals surface area contributed by atoms with E-state index in [4.69, 9.17) is 9.47 Å². The Labute approximate surface area is 135 Å². The first-order chi connectivity index (χ1) is 11.1. The second-order valence-electron chi connectivity index (χ2n) is 5.04. The molecule has 0 amide bonds. The zero-order valence-corrected chi connectivity index (χ0v) is 13.5. The number of fused-ring (bicyclic) bond motifs is 1. The van der Waals surface area contributed by atoms with E-state index in [9.17, 15) is 13.8 Å². The molecule has 1 aromatic carbocycles. The lowest BCUT2D eigenvalue weighted by Gasteiger charge is -2.08. The Morgan fingerprint density at radius 1 is 1.04 bits per heavy atom. The topological polar surface area (TPSA) is 74.6 Å². The van der Waals surface area contributed by atoms with E-state index in [1.807, 2.05) is 30.3 Å². The molecule has 0 saturated heterocycles. The van der Waals surface area contributed by atoms with E-state index in [0.29, 0.717) is 11.4 Å². The summed E-state index contributed by atoms with van der Waals surface area (Å²) in [5.74, 6) is -0.797. The van der Waals surface area contributed by atoms with Crippen molar-refractivity contribution in [1.29, 1.82) is 0 Å². The van der Waals surface area contributed by atoms with Crippen molar-refractivity contribution in [3.05, 3.63) is 47.2 Å². The van der Waals surface area contributed by atoms with E-state index in [2.05, 4.69) is 0 Å². The van der Waals surface area contributed by atoms with Crippen LogP contribution in [0.4, 0.5) is 0 Å². The molecule has 1 atom stereocenters. The van der Waals surface area contributed by atoms with E-state index < -0.39 is 22.7 Å². The van der Waals surface area contributed by atoms with Crippen LogP contribution >= 0.6 is 0 Å². The van der Waals surface area contributed by atoms with Crippen LogP contribution in [0.2, 0.25) is 0 Å². The molecule has 6 nitrogen and oxygen atoms in total. The summed E-state index contributed by atoms with van der Waals surface area (Å²) in [6, 6.07) is 9.18. The summed E-state index contributed by atoms with van der Waals surface area (Å²) >= 11 is 0. The SMILES string of the molecule is COC(=O)c1c(C(=O)OC)c(-c2ccccc2)n2c1C[S@@](=O)C2. The summed E-state index contributed by atoms with van der Waals surface area (Å²) in [7, 11) is 1.39. The number of rotatable bonds is 3. The number of hydrogen-bond acceptors (Lipinski definition) is 5. The standard InChI is InChI=1S/C16H15NO5S/c1-21-15(18)12-11-8-23(20)9-17(11)14(13(12)16(19)22-2)10-6-4-3-5-7-10/h3-7H,8-9H2,1-2H3/t23-/m1/s1. The summed E-state index contributed by atoms with van der Waals surface area (Å²) < 4.78 is 23.4. The van der Waals surface area contributed by atoms with Crippen LogP contribution in [0.15, 0.2) is 30.3 Å². The zero-order valence-electron chi connectivity index (χ0n) is 12.7. The summed E-state index contributed by atoms with van der Waals surface area (Å²) in [5.41, 5.74) is 2.15. The lowest BCUT2D eigenvalue weighted by Crippen LogP contribution is -2.12. The van der Waals surface area contributed by atoms with Crippen molar-refractivity contribution < 1.29 is 23.3 Å². The molecule has 120 valence electrons. The highest BCUT2D eigenvalue weighted by Crippen LogP contribution is 2.36. The molecule has 1 aliphatic rings. The second kappa shape index (κ2) is 6.00. The third-order valence-corrected chi connectivity index (χ3v) is 4.91. The first-order valence-electron chi connectivity index (χ1n) is 6.90. The van der Waals surface area contributed by atoms with Gasteiger partial charge in [-0.15, -0.1) is 0 Å². The van der Waals surface area contributed by atoms with Crippen molar-refractivity contribution in [3.63, 3.8) is 0 Å². The van der Waals surface area contributed by atoms with Crippen LogP contribution < -0.4 is 0 Å². The molecule has 3 rings (SSSR count). The highest BCUT2D eigenvalue weighted by Gasteiger charge is 2.36. The highest BCUT2D eigenvalue weighted by molar-refractivity contribution is 7.83. The Hall–Kier alpha value is -2.41. The number of methoxy groups -OCH3 is 2. The molecule has 23 heavy (non-hydrogen) atoms. The molecule has 0 unspecified atom stereocenters. The van der Waals surface area contributed by atoms with Gasteiger partial charge in [-0.3, -0.25) is 4.21 Å². The molecule has 0 bridgehead atoms. The number of benzene rings is 1. The third kappa shape index (κ3) is 2.46. The van der Waals surface area contributed by atoms with E-state index in [1.165, 1.54) is 14.2 Å². The molecular formula is C16H15NO5S. The van der Waals surface area contributed by atoms with Crippen molar-refractivity contribution in [2.45, 2.75) is 11.6 Å². The first-order valence-corrected chi connectivity index (χ1v) is 8.39. The number of ether oxygens (including phenoxy) is 2. The lowest BCUT2D eigenvalue weighted by molar-refractivity contribution is 0.0556. The van der Waals surface area contributed by atoms with Crippen molar-refractivity contribution in [2.24, 2.45) is 0 Å². The van der Waals surface area contributed by atoms with Gasteiger partial charge in [0.15, 0.2) is 0 Å². The van der Waals surface area contributed by atoms with Crippen LogP contribution in [0.1, 0.15) is 26.4 Å². The van der Waals surface area contributed by atoms with Crippen LogP contribution in [0.3, 0.4) is 0 Å². The maximum atomic E-state index is 12.3. The van der Waals surface area contributed by atoms with E-state index in [-0.39, 0.29) is 22.8 Å². The Morgan fingerprint density at radius 3 is 2.26 bits per heavy atom. The average molecular weight is 333 g/mol. The Kier molecular flexibility index (Phi) is 4.04. The molecule has 0 aliphatic carbocycles. The van der Waals surface area contributed by atoms with Gasteiger partial charge in [-0.1, -0.05) is 30.3 Å². The Bertz CT molecular complexity index is 810. The van der Waals surface area contributed by atoms with Crippen molar-refractivity contribution in [2.75, 3.05) is 14.2 Å². The van der Waals surface area contributed by atoms with E-state index in [0.717, 1.165) is 5.56 Å².